The summed E-state index contributed by atoms with van der Waals surface area (Å²) in [5.74, 6) is -0.220. The second kappa shape index (κ2) is 2.44. The molecular formula is C4H6N4O2. The van der Waals surface area contributed by atoms with Gasteiger partial charge in [-0.3, -0.25) is 0 Å². The summed E-state index contributed by atoms with van der Waals surface area (Å²) in [5.41, 5.74) is 5.15. The van der Waals surface area contributed by atoms with Crippen molar-refractivity contribution in [3.8, 4) is 0 Å². The number of rotatable bonds is 2. The predicted molar refractivity (Wildman–Crippen MR) is 33.1 cm³/mol. The molecule has 1 rings (SSSR count). The van der Waals surface area contributed by atoms with Crippen molar-refractivity contribution in [3.05, 3.63) is 22.5 Å². The quantitative estimate of drug-likeness (QED) is 0.454. The third-order valence-electron chi connectivity index (χ3n) is 1.05. The minimum atomic E-state index is -0.577. The molecule has 0 aliphatic carbocycles. The maximum atomic E-state index is 10.1. The fourth-order valence-corrected chi connectivity index (χ4v) is 0.616. The Kier molecular flexibility index (Phi) is 1.63. The van der Waals surface area contributed by atoms with Crippen molar-refractivity contribution in [3.63, 3.8) is 0 Å². The van der Waals surface area contributed by atoms with E-state index in [1.807, 2.05) is 0 Å². The Labute approximate surface area is 56.4 Å². The van der Waals surface area contributed by atoms with Crippen molar-refractivity contribution >= 4 is 5.95 Å². The molecule has 0 spiro atoms. The Morgan fingerprint density at radius 2 is 2.60 bits per heavy atom. The van der Waals surface area contributed by atoms with Crippen molar-refractivity contribution in [1.82, 2.24) is 9.55 Å². The Hall–Kier alpha value is -1.43. The van der Waals surface area contributed by atoms with Gasteiger partial charge >= 0.3 is 5.95 Å². The molecule has 0 aliphatic heterocycles. The van der Waals surface area contributed by atoms with Gasteiger partial charge in [0, 0.05) is 0 Å². The first kappa shape index (κ1) is 6.69. The van der Waals surface area contributed by atoms with Crippen LogP contribution in [0.4, 0.5) is 5.95 Å². The first-order valence-corrected chi connectivity index (χ1v) is 2.61. The Bertz CT molecular complexity index is 243. The Balaban J connectivity index is 3.01. The summed E-state index contributed by atoms with van der Waals surface area (Å²) in [6, 6.07) is 0. The standard InChI is InChI=1S/C4H6N4O2/c5-3-7-2-1-6-4(7)8(9)10/h1-2H,3,5H2. The smallest absolute Gasteiger partial charge is 0.390 e. The molecule has 2 N–H and O–H groups in total. The van der Waals surface area contributed by atoms with E-state index in [-0.39, 0.29) is 12.6 Å². The number of hydrogen-bond acceptors (Lipinski definition) is 4. The van der Waals surface area contributed by atoms with Crippen molar-refractivity contribution in [2.75, 3.05) is 0 Å². The van der Waals surface area contributed by atoms with Crippen LogP contribution in [0.25, 0.3) is 0 Å². The summed E-state index contributed by atoms with van der Waals surface area (Å²) in [6.45, 7) is 0.0797. The molecule has 54 valence electrons. The summed E-state index contributed by atoms with van der Waals surface area (Å²) >= 11 is 0. The number of aromatic nitrogens is 2. The first-order valence-electron chi connectivity index (χ1n) is 2.61. The summed E-state index contributed by atoms with van der Waals surface area (Å²) < 4.78 is 1.25. The van der Waals surface area contributed by atoms with E-state index in [4.69, 9.17) is 5.73 Å². The van der Waals surface area contributed by atoms with Crippen LogP contribution in [0.2, 0.25) is 0 Å². The fraction of sp³-hybridized carbons (Fsp3) is 0.250. The van der Waals surface area contributed by atoms with Crippen molar-refractivity contribution < 1.29 is 4.92 Å². The minimum absolute atomic E-state index is 0.0797. The van der Waals surface area contributed by atoms with Crippen molar-refractivity contribution in [2.45, 2.75) is 6.67 Å². The van der Waals surface area contributed by atoms with Gasteiger partial charge in [-0.1, -0.05) is 4.98 Å². The van der Waals surface area contributed by atoms with Crippen LogP contribution < -0.4 is 5.73 Å². The van der Waals surface area contributed by atoms with Crippen LogP contribution in [0.3, 0.4) is 0 Å². The van der Waals surface area contributed by atoms with Gasteiger partial charge in [0.2, 0.25) is 0 Å². The van der Waals surface area contributed by atoms with Crippen molar-refractivity contribution in [1.29, 1.82) is 0 Å². The molecule has 0 amide bonds. The maximum Gasteiger partial charge on any atom is 0.435 e. The Morgan fingerprint density at radius 3 is 3.00 bits per heavy atom. The number of imidazole rings is 1. The molecule has 0 aliphatic rings. The SMILES string of the molecule is NCn1ccnc1[N+](=O)[O-]. The van der Waals surface area contributed by atoms with E-state index in [9.17, 15) is 10.1 Å². The summed E-state index contributed by atoms with van der Waals surface area (Å²) in [6.07, 6.45) is 2.79. The van der Waals surface area contributed by atoms with E-state index >= 15 is 0 Å². The third-order valence-corrected chi connectivity index (χ3v) is 1.05. The van der Waals surface area contributed by atoms with Gasteiger partial charge in [0.05, 0.1) is 0 Å². The lowest BCUT2D eigenvalue weighted by molar-refractivity contribution is -0.396. The second-order valence-electron chi connectivity index (χ2n) is 1.64. The van der Waals surface area contributed by atoms with Crippen LogP contribution in [0.5, 0.6) is 0 Å². The molecule has 6 nitrogen and oxygen atoms in total. The van der Waals surface area contributed by atoms with Gasteiger partial charge in [0.15, 0.2) is 0 Å². The monoisotopic (exact) mass is 142 g/mol. The Morgan fingerprint density at radius 1 is 1.90 bits per heavy atom. The lowest BCUT2D eigenvalue weighted by Gasteiger charge is -1.94. The molecule has 0 atom stereocenters. The van der Waals surface area contributed by atoms with Gasteiger partial charge in [-0.15, -0.1) is 0 Å². The first-order chi connectivity index (χ1) is 4.75. The van der Waals surface area contributed by atoms with Crippen LogP contribution in [0.1, 0.15) is 0 Å². The van der Waals surface area contributed by atoms with Crippen LogP contribution >= 0.6 is 0 Å². The molecule has 0 saturated heterocycles. The maximum absolute atomic E-state index is 10.1. The molecule has 0 aromatic carbocycles. The molecule has 10 heavy (non-hydrogen) atoms. The average molecular weight is 142 g/mol. The predicted octanol–water partition coefficient (Wildman–Crippen LogP) is -0.293. The second-order valence-corrected chi connectivity index (χ2v) is 1.64. The molecule has 0 unspecified atom stereocenters. The van der Waals surface area contributed by atoms with E-state index in [0.29, 0.717) is 0 Å². The van der Waals surface area contributed by atoms with Crippen LogP contribution in [0, 0.1) is 10.1 Å². The number of hydrogen-bond donors (Lipinski definition) is 1. The fourth-order valence-electron chi connectivity index (χ4n) is 0.616. The zero-order valence-electron chi connectivity index (χ0n) is 5.10. The summed E-state index contributed by atoms with van der Waals surface area (Å²) in [5, 5.41) is 10.1. The van der Waals surface area contributed by atoms with Gasteiger partial charge in [0.1, 0.15) is 19.1 Å². The zero-order chi connectivity index (χ0) is 7.56. The molecule has 0 bridgehead atoms. The van der Waals surface area contributed by atoms with E-state index in [0.717, 1.165) is 0 Å². The van der Waals surface area contributed by atoms with E-state index in [2.05, 4.69) is 4.98 Å². The lowest BCUT2D eigenvalue weighted by Crippen LogP contribution is -2.09. The molecule has 1 heterocycles. The van der Waals surface area contributed by atoms with Crippen LogP contribution in [-0.4, -0.2) is 14.5 Å². The van der Waals surface area contributed by atoms with E-state index in [1.54, 1.807) is 0 Å². The van der Waals surface area contributed by atoms with Gasteiger partial charge in [-0.05, 0) is 4.92 Å². The van der Waals surface area contributed by atoms with Crippen molar-refractivity contribution in [2.24, 2.45) is 5.73 Å². The van der Waals surface area contributed by atoms with Gasteiger partial charge in [-0.25, -0.2) is 4.57 Å². The minimum Gasteiger partial charge on any atom is -0.390 e. The number of nitro groups is 1. The third kappa shape index (κ3) is 0.960. The highest BCUT2D eigenvalue weighted by Crippen LogP contribution is 2.04. The largest absolute Gasteiger partial charge is 0.435 e. The summed E-state index contributed by atoms with van der Waals surface area (Å²) in [4.78, 5) is 13.0. The van der Waals surface area contributed by atoms with Crippen LogP contribution in [0.15, 0.2) is 12.4 Å². The highest BCUT2D eigenvalue weighted by atomic mass is 16.6. The zero-order valence-corrected chi connectivity index (χ0v) is 5.10. The van der Waals surface area contributed by atoms with Gasteiger partial charge < -0.3 is 15.8 Å². The van der Waals surface area contributed by atoms with E-state index < -0.39 is 4.92 Å². The van der Waals surface area contributed by atoms with Crippen LogP contribution in [-0.2, 0) is 6.67 Å². The summed E-state index contributed by atoms with van der Waals surface area (Å²) in [7, 11) is 0. The van der Waals surface area contributed by atoms with E-state index in [1.165, 1.54) is 17.0 Å². The van der Waals surface area contributed by atoms with Gasteiger partial charge in [-0.2, -0.15) is 0 Å². The molecule has 1 aromatic heterocycles. The van der Waals surface area contributed by atoms with Gasteiger partial charge in [0.25, 0.3) is 0 Å². The highest BCUT2D eigenvalue weighted by Gasteiger charge is 2.10. The highest BCUT2D eigenvalue weighted by molar-refractivity contribution is 5.05. The molecule has 6 heteroatoms. The molecule has 0 fully saturated rings. The number of nitrogens with zero attached hydrogens (tertiary/aromatic N) is 3. The number of nitrogens with two attached hydrogens (primary N) is 1. The molecule has 0 radical (unpaired) electrons. The lowest BCUT2D eigenvalue weighted by atomic mass is 10.9. The molecule has 1 aromatic rings. The molecule has 0 saturated carbocycles. The normalized spacial score (nSPS) is 9.70. The molecular weight excluding hydrogens is 136 g/mol. The average Bonchev–Trinajstić information content (AvgIpc) is 2.33. The topological polar surface area (TPSA) is 87.0 Å².